The van der Waals surface area contributed by atoms with E-state index in [4.69, 9.17) is 5.11 Å². The van der Waals surface area contributed by atoms with Crippen molar-refractivity contribution >= 4 is 9.90 Å². The van der Waals surface area contributed by atoms with Crippen LogP contribution in [0, 0.1) is 5.41 Å². The van der Waals surface area contributed by atoms with Crippen molar-refractivity contribution < 1.29 is 5.11 Å². The lowest BCUT2D eigenvalue weighted by Gasteiger charge is -2.38. The zero-order chi connectivity index (χ0) is 13.1. The summed E-state index contributed by atoms with van der Waals surface area (Å²) in [4.78, 5) is 0. The van der Waals surface area contributed by atoms with E-state index in [0.29, 0.717) is 12.0 Å². The van der Waals surface area contributed by atoms with E-state index < -0.39 is 0 Å². The highest BCUT2D eigenvalue weighted by atomic mass is 31.0. The van der Waals surface area contributed by atoms with E-state index in [1.165, 1.54) is 83.5 Å². The second-order valence-electron chi connectivity index (χ2n) is 6.41. The average molecular weight is 288 g/mol. The Kier molecular flexibility index (Phi) is 12.4. The molecule has 0 aliphatic heterocycles. The summed E-state index contributed by atoms with van der Waals surface area (Å²) in [6, 6.07) is 0. The Balaban J connectivity index is 0.00000324. The van der Waals surface area contributed by atoms with E-state index in [-0.39, 0.29) is 9.90 Å². The van der Waals surface area contributed by atoms with Gasteiger partial charge >= 0.3 is 0 Å². The summed E-state index contributed by atoms with van der Waals surface area (Å²) in [5.41, 5.74) is 0.715. The van der Waals surface area contributed by atoms with Gasteiger partial charge in [-0.15, -0.1) is 0 Å². The Hall–Kier alpha value is 0.390. The highest BCUT2D eigenvalue weighted by molar-refractivity contribution is 6.92. The third-order valence-corrected chi connectivity index (χ3v) is 4.84. The first kappa shape index (κ1) is 19.4. The van der Waals surface area contributed by atoms with Gasteiger partial charge in [0.15, 0.2) is 0 Å². The SMILES string of the molecule is CCCCCC1(CCCCCCO)CCCCC1.P. The molecule has 0 amide bonds. The quantitative estimate of drug-likeness (QED) is 0.414. The second kappa shape index (κ2) is 12.2. The number of unbranched alkanes of at least 4 members (excludes halogenated alkanes) is 5. The maximum Gasteiger partial charge on any atom is 0.0431 e. The fourth-order valence-corrected chi connectivity index (χ4v) is 3.64. The van der Waals surface area contributed by atoms with E-state index in [0.717, 1.165) is 6.42 Å². The molecule has 1 aliphatic rings. The molecule has 1 unspecified atom stereocenters. The number of aliphatic hydroxyl groups is 1. The molecule has 0 bridgehead atoms. The fourth-order valence-electron chi connectivity index (χ4n) is 3.64. The fraction of sp³-hybridized carbons (Fsp3) is 1.00. The average Bonchev–Trinajstić information content (AvgIpc) is 2.40. The predicted octanol–water partition coefficient (Wildman–Crippen LogP) is 5.52. The standard InChI is InChI=1S/C17H34O.H3P/c1-2-3-7-12-17(14-9-6-10-15-17)13-8-4-5-11-16-18;/h18H,2-16H2,1H3;1H3. The molecule has 1 N–H and O–H groups in total. The lowest BCUT2D eigenvalue weighted by Crippen LogP contribution is -2.24. The summed E-state index contributed by atoms with van der Waals surface area (Å²) in [5, 5.41) is 8.81. The van der Waals surface area contributed by atoms with Gasteiger partial charge in [0.25, 0.3) is 0 Å². The van der Waals surface area contributed by atoms with Gasteiger partial charge in [-0.05, 0) is 37.5 Å². The third kappa shape index (κ3) is 8.30. The molecular formula is C17H37OP. The molecule has 0 aromatic carbocycles. The van der Waals surface area contributed by atoms with Crippen LogP contribution in [0.2, 0.25) is 0 Å². The summed E-state index contributed by atoms with van der Waals surface area (Å²) in [5.74, 6) is 0. The highest BCUT2D eigenvalue weighted by Gasteiger charge is 2.30. The van der Waals surface area contributed by atoms with Crippen molar-refractivity contribution in [2.24, 2.45) is 5.41 Å². The molecule has 1 saturated carbocycles. The first-order valence-corrected chi connectivity index (χ1v) is 8.44. The van der Waals surface area contributed by atoms with E-state index >= 15 is 0 Å². The van der Waals surface area contributed by atoms with E-state index in [2.05, 4.69) is 6.92 Å². The molecule has 1 aliphatic carbocycles. The van der Waals surface area contributed by atoms with Gasteiger partial charge in [-0.1, -0.05) is 64.7 Å². The molecule has 0 aromatic heterocycles. The Morgan fingerprint density at radius 2 is 1.37 bits per heavy atom. The first-order valence-electron chi connectivity index (χ1n) is 8.44. The van der Waals surface area contributed by atoms with Gasteiger partial charge < -0.3 is 5.11 Å². The molecule has 0 radical (unpaired) electrons. The first-order chi connectivity index (χ1) is 8.83. The Labute approximate surface area is 124 Å². The number of hydrogen-bond acceptors (Lipinski definition) is 1. The lowest BCUT2D eigenvalue weighted by molar-refractivity contribution is 0.146. The zero-order valence-electron chi connectivity index (χ0n) is 13.3. The molecule has 0 aromatic rings. The molecule has 2 heteroatoms. The topological polar surface area (TPSA) is 20.2 Å². The van der Waals surface area contributed by atoms with Crippen LogP contribution < -0.4 is 0 Å². The Morgan fingerprint density at radius 1 is 0.789 bits per heavy atom. The van der Waals surface area contributed by atoms with Crippen LogP contribution in [-0.2, 0) is 0 Å². The molecule has 0 heterocycles. The van der Waals surface area contributed by atoms with Gasteiger partial charge in [-0.2, -0.15) is 9.90 Å². The molecule has 1 nitrogen and oxygen atoms in total. The van der Waals surface area contributed by atoms with Crippen LogP contribution in [0.15, 0.2) is 0 Å². The summed E-state index contributed by atoms with van der Waals surface area (Å²) in [7, 11) is 0. The lowest BCUT2D eigenvalue weighted by atomic mass is 9.68. The Morgan fingerprint density at radius 3 is 1.95 bits per heavy atom. The second-order valence-corrected chi connectivity index (χ2v) is 6.41. The van der Waals surface area contributed by atoms with Gasteiger partial charge in [-0.3, -0.25) is 0 Å². The van der Waals surface area contributed by atoms with Gasteiger partial charge in [-0.25, -0.2) is 0 Å². The molecule has 1 fully saturated rings. The molecule has 0 spiro atoms. The van der Waals surface area contributed by atoms with E-state index in [1.54, 1.807) is 0 Å². The van der Waals surface area contributed by atoms with Crippen molar-refractivity contribution in [2.75, 3.05) is 6.61 Å². The maximum atomic E-state index is 8.81. The largest absolute Gasteiger partial charge is 0.396 e. The van der Waals surface area contributed by atoms with Crippen LogP contribution >= 0.6 is 9.90 Å². The number of rotatable bonds is 10. The summed E-state index contributed by atoms with van der Waals surface area (Å²) < 4.78 is 0. The smallest absolute Gasteiger partial charge is 0.0431 e. The van der Waals surface area contributed by atoms with Crippen molar-refractivity contribution in [3.05, 3.63) is 0 Å². The van der Waals surface area contributed by atoms with Gasteiger partial charge in [0.2, 0.25) is 0 Å². The van der Waals surface area contributed by atoms with Crippen LogP contribution in [-0.4, -0.2) is 11.7 Å². The molecular weight excluding hydrogens is 251 g/mol. The third-order valence-electron chi connectivity index (χ3n) is 4.84. The van der Waals surface area contributed by atoms with E-state index in [1.807, 2.05) is 0 Å². The van der Waals surface area contributed by atoms with Gasteiger partial charge in [0.1, 0.15) is 0 Å². The zero-order valence-corrected chi connectivity index (χ0v) is 14.7. The van der Waals surface area contributed by atoms with Crippen LogP contribution in [0.1, 0.15) is 96.8 Å². The van der Waals surface area contributed by atoms with Crippen LogP contribution in [0.25, 0.3) is 0 Å². The minimum atomic E-state index is 0. The minimum absolute atomic E-state index is 0. The molecule has 1 rings (SSSR count). The molecule has 1 atom stereocenters. The maximum absolute atomic E-state index is 8.81. The predicted molar refractivity (Wildman–Crippen MR) is 90.9 cm³/mol. The minimum Gasteiger partial charge on any atom is -0.396 e. The van der Waals surface area contributed by atoms with Crippen molar-refractivity contribution in [1.29, 1.82) is 0 Å². The summed E-state index contributed by atoms with van der Waals surface area (Å²) in [6.45, 7) is 2.68. The molecule has 116 valence electrons. The van der Waals surface area contributed by atoms with Gasteiger partial charge in [0.05, 0.1) is 0 Å². The molecule has 19 heavy (non-hydrogen) atoms. The van der Waals surface area contributed by atoms with Gasteiger partial charge in [0, 0.05) is 6.61 Å². The normalized spacial score (nSPS) is 18.0. The van der Waals surface area contributed by atoms with Crippen LogP contribution in [0.5, 0.6) is 0 Å². The Bertz CT molecular complexity index is 188. The van der Waals surface area contributed by atoms with Crippen LogP contribution in [0.4, 0.5) is 0 Å². The number of hydrogen-bond donors (Lipinski definition) is 1. The van der Waals surface area contributed by atoms with E-state index in [9.17, 15) is 0 Å². The van der Waals surface area contributed by atoms with Crippen molar-refractivity contribution in [2.45, 2.75) is 96.8 Å². The van der Waals surface area contributed by atoms with Crippen molar-refractivity contribution in [3.63, 3.8) is 0 Å². The van der Waals surface area contributed by atoms with Crippen LogP contribution in [0.3, 0.4) is 0 Å². The van der Waals surface area contributed by atoms with Crippen molar-refractivity contribution in [3.8, 4) is 0 Å². The van der Waals surface area contributed by atoms with Crippen molar-refractivity contribution in [1.82, 2.24) is 0 Å². The summed E-state index contributed by atoms with van der Waals surface area (Å²) in [6.07, 6.45) is 19.5. The number of aliphatic hydroxyl groups excluding tert-OH is 1. The highest BCUT2D eigenvalue weighted by Crippen LogP contribution is 2.44. The molecule has 0 saturated heterocycles. The monoisotopic (exact) mass is 288 g/mol. The summed E-state index contributed by atoms with van der Waals surface area (Å²) >= 11 is 0.